The van der Waals surface area contributed by atoms with Gasteiger partial charge in [0.15, 0.2) is 0 Å². The van der Waals surface area contributed by atoms with E-state index in [-0.39, 0.29) is 0 Å². The van der Waals surface area contributed by atoms with E-state index >= 15 is 0 Å². The Morgan fingerprint density at radius 2 is 0.700 bits per heavy atom. The van der Waals surface area contributed by atoms with Crippen molar-refractivity contribution in [2.45, 2.75) is 64.2 Å². The lowest BCUT2D eigenvalue weighted by molar-refractivity contribution is 0.0992. The molecule has 0 saturated heterocycles. The zero-order valence-corrected chi connectivity index (χ0v) is 13.3. The number of unbranched alkanes of at least 4 members (excludes halogenated alkanes) is 7. The summed E-state index contributed by atoms with van der Waals surface area (Å²) in [5, 5.41) is 0. The van der Waals surface area contributed by atoms with E-state index in [1.165, 1.54) is 38.5 Å². The van der Waals surface area contributed by atoms with Crippen LogP contribution in [0.15, 0.2) is 0 Å². The molecule has 0 fully saturated rings. The van der Waals surface area contributed by atoms with Crippen molar-refractivity contribution in [1.29, 1.82) is 0 Å². The lowest BCUT2D eigenvalue weighted by atomic mass is 10.2. The van der Waals surface area contributed by atoms with Crippen LogP contribution in [-0.4, -0.2) is 39.5 Å². The van der Waals surface area contributed by atoms with Gasteiger partial charge in [0.05, 0.1) is 0 Å². The molecule has 4 nitrogen and oxygen atoms in total. The molecule has 0 bridgehead atoms. The van der Waals surface area contributed by atoms with Crippen LogP contribution < -0.4 is 11.5 Å². The average molecular weight is 288 g/mol. The van der Waals surface area contributed by atoms with E-state index in [0.29, 0.717) is 0 Å². The molecule has 122 valence electrons. The zero-order chi connectivity index (χ0) is 14.7. The number of nitrogens with two attached hydrogens (primary N) is 2. The van der Waals surface area contributed by atoms with Crippen LogP contribution >= 0.6 is 0 Å². The maximum Gasteiger partial charge on any atom is 0.0466 e. The quantitative estimate of drug-likeness (QED) is 0.404. The van der Waals surface area contributed by atoms with Gasteiger partial charge >= 0.3 is 0 Å². The smallest absolute Gasteiger partial charge is 0.0466 e. The van der Waals surface area contributed by atoms with Crippen LogP contribution in [0.25, 0.3) is 0 Å². The van der Waals surface area contributed by atoms with Gasteiger partial charge in [-0.3, -0.25) is 0 Å². The summed E-state index contributed by atoms with van der Waals surface area (Å²) in [5.41, 5.74) is 10.9. The zero-order valence-electron chi connectivity index (χ0n) is 13.3. The van der Waals surface area contributed by atoms with Crippen LogP contribution in [0, 0.1) is 0 Å². The van der Waals surface area contributed by atoms with E-state index in [4.69, 9.17) is 20.9 Å². The Morgan fingerprint density at radius 3 is 1.05 bits per heavy atom. The first kappa shape index (κ1) is 19.8. The van der Waals surface area contributed by atoms with Crippen molar-refractivity contribution < 1.29 is 9.47 Å². The minimum atomic E-state index is 0.813. The summed E-state index contributed by atoms with van der Waals surface area (Å²) >= 11 is 0. The number of rotatable bonds is 17. The highest BCUT2D eigenvalue weighted by atomic mass is 16.5. The van der Waals surface area contributed by atoms with E-state index in [1.54, 1.807) is 0 Å². The summed E-state index contributed by atoms with van der Waals surface area (Å²) < 4.78 is 11.2. The van der Waals surface area contributed by atoms with Crippen LogP contribution in [0.2, 0.25) is 0 Å². The highest BCUT2D eigenvalue weighted by Gasteiger charge is 1.93. The third kappa shape index (κ3) is 17.8. The lowest BCUT2D eigenvalue weighted by Gasteiger charge is -2.05. The first-order valence-corrected chi connectivity index (χ1v) is 8.47. The molecule has 0 aliphatic rings. The van der Waals surface area contributed by atoms with Gasteiger partial charge in [-0.05, 0) is 51.6 Å². The van der Waals surface area contributed by atoms with E-state index in [9.17, 15) is 0 Å². The molecule has 0 unspecified atom stereocenters. The SMILES string of the molecule is NCCCCCCOCCCCOCCCCCCN. The molecule has 0 rings (SSSR count). The van der Waals surface area contributed by atoms with Gasteiger partial charge in [0.2, 0.25) is 0 Å². The topological polar surface area (TPSA) is 70.5 Å². The third-order valence-electron chi connectivity index (χ3n) is 3.31. The van der Waals surface area contributed by atoms with Crippen molar-refractivity contribution in [1.82, 2.24) is 0 Å². The summed E-state index contributed by atoms with van der Waals surface area (Å²) in [7, 11) is 0. The summed E-state index contributed by atoms with van der Waals surface area (Å²) in [4.78, 5) is 0. The highest BCUT2D eigenvalue weighted by molar-refractivity contribution is 4.45. The number of hydrogen-bond donors (Lipinski definition) is 2. The van der Waals surface area contributed by atoms with Crippen LogP contribution in [0.1, 0.15) is 64.2 Å². The van der Waals surface area contributed by atoms with E-state index in [2.05, 4.69) is 0 Å². The Morgan fingerprint density at radius 1 is 0.400 bits per heavy atom. The van der Waals surface area contributed by atoms with Crippen molar-refractivity contribution in [3.05, 3.63) is 0 Å². The Bertz CT molecular complexity index is 151. The van der Waals surface area contributed by atoms with Crippen LogP contribution in [0.3, 0.4) is 0 Å². The minimum Gasteiger partial charge on any atom is -0.381 e. The molecule has 0 aliphatic carbocycles. The van der Waals surface area contributed by atoms with E-state index in [1.807, 2.05) is 0 Å². The fourth-order valence-corrected chi connectivity index (χ4v) is 2.02. The number of hydrogen-bond acceptors (Lipinski definition) is 4. The molecule has 0 aliphatic heterocycles. The van der Waals surface area contributed by atoms with Crippen molar-refractivity contribution in [2.24, 2.45) is 11.5 Å². The molecule has 0 radical (unpaired) electrons. The van der Waals surface area contributed by atoms with Gasteiger partial charge in [-0.25, -0.2) is 0 Å². The molecule has 0 aromatic heterocycles. The normalized spacial score (nSPS) is 11.1. The summed E-state index contributed by atoms with van der Waals surface area (Å²) in [6, 6.07) is 0. The van der Waals surface area contributed by atoms with Gasteiger partial charge in [-0.2, -0.15) is 0 Å². The molecule has 4 heteroatoms. The van der Waals surface area contributed by atoms with Crippen LogP contribution in [-0.2, 0) is 9.47 Å². The summed E-state index contributed by atoms with van der Waals surface area (Å²) in [6.07, 6.45) is 11.8. The predicted octanol–water partition coefficient (Wildman–Crippen LogP) is 2.84. The second-order valence-electron chi connectivity index (χ2n) is 5.34. The third-order valence-corrected chi connectivity index (χ3v) is 3.31. The predicted molar refractivity (Wildman–Crippen MR) is 85.9 cm³/mol. The molecule has 0 aromatic carbocycles. The molecule has 0 heterocycles. The van der Waals surface area contributed by atoms with E-state index in [0.717, 1.165) is 65.2 Å². The standard InChI is InChI=1S/C16H36N2O2/c17-11-5-1-3-7-13-19-15-9-10-16-20-14-8-4-2-6-12-18/h1-18H2. The fraction of sp³-hybridized carbons (Fsp3) is 1.00. The van der Waals surface area contributed by atoms with E-state index < -0.39 is 0 Å². The monoisotopic (exact) mass is 288 g/mol. The van der Waals surface area contributed by atoms with Gasteiger partial charge in [0, 0.05) is 26.4 Å². The minimum absolute atomic E-state index is 0.813. The first-order valence-electron chi connectivity index (χ1n) is 8.47. The Balaban J connectivity index is 2.89. The van der Waals surface area contributed by atoms with Gasteiger partial charge in [-0.1, -0.05) is 25.7 Å². The molecule has 0 spiro atoms. The Kier molecular flexibility index (Phi) is 18.7. The van der Waals surface area contributed by atoms with Gasteiger partial charge in [0.25, 0.3) is 0 Å². The van der Waals surface area contributed by atoms with Gasteiger partial charge < -0.3 is 20.9 Å². The molecule has 0 amide bonds. The average Bonchev–Trinajstić information content (AvgIpc) is 2.47. The second kappa shape index (κ2) is 18.8. The highest BCUT2D eigenvalue weighted by Crippen LogP contribution is 2.01. The summed E-state index contributed by atoms with van der Waals surface area (Å²) in [6.45, 7) is 5.16. The van der Waals surface area contributed by atoms with Crippen LogP contribution in [0.5, 0.6) is 0 Å². The molecule has 0 atom stereocenters. The molecule has 4 N–H and O–H groups in total. The largest absolute Gasteiger partial charge is 0.381 e. The maximum atomic E-state index is 5.59. The Labute approximate surface area is 125 Å². The molecule has 20 heavy (non-hydrogen) atoms. The summed E-state index contributed by atoms with van der Waals surface area (Å²) in [5.74, 6) is 0. The maximum absolute atomic E-state index is 5.59. The van der Waals surface area contributed by atoms with Crippen molar-refractivity contribution in [2.75, 3.05) is 39.5 Å². The molecule has 0 aromatic rings. The van der Waals surface area contributed by atoms with Crippen LogP contribution in [0.4, 0.5) is 0 Å². The Hall–Kier alpha value is -0.160. The molecular weight excluding hydrogens is 252 g/mol. The van der Waals surface area contributed by atoms with Crippen molar-refractivity contribution in [3.63, 3.8) is 0 Å². The lowest BCUT2D eigenvalue weighted by Crippen LogP contribution is -2.02. The van der Waals surface area contributed by atoms with Crippen molar-refractivity contribution in [3.8, 4) is 0 Å². The van der Waals surface area contributed by atoms with Gasteiger partial charge in [0.1, 0.15) is 0 Å². The number of ether oxygens (including phenoxy) is 2. The molecular formula is C16H36N2O2. The second-order valence-corrected chi connectivity index (χ2v) is 5.34. The molecule has 0 saturated carbocycles. The van der Waals surface area contributed by atoms with Crippen molar-refractivity contribution >= 4 is 0 Å². The fourth-order valence-electron chi connectivity index (χ4n) is 2.02. The van der Waals surface area contributed by atoms with Gasteiger partial charge in [-0.15, -0.1) is 0 Å². The first-order chi connectivity index (χ1) is 9.91.